The molecule has 0 saturated heterocycles. The molecule has 1 aromatic carbocycles. The first kappa shape index (κ1) is 21.3. The topological polar surface area (TPSA) is 103 Å². The van der Waals surface area contributed by atoms with Gasteiger partial charge in [-0.05, 0) is 44.0 Å². The van der Waals surface area contributed by atoms with Gasteiger partial charge in [0, 0.05) is 0 Å². The fourth-order valence-corrected chi connectivity index (χ4v) is 2.65. The Morgan fingerprint density at radius 1 is 1.12 bits per heavy atom. The van der Waals surface area contributed by atoms with E-state index in [0.29, 0.717) is 16.8 Å². The van der Waals surface area contributed by atoms with Crippen molar-refractivity contribution in [3.8, 4) is 12.1 Å². The zero-order chi connectivity index (χ0) is 19.7. The molecule has 1 rings (SSSR count). The number of anilines is 1. The van der Waals surface area contributed by atoms with Crippen LogP contribution in [0.2, 0.25) is 5.02 Å². The summed E-state index contributed by atoms with van der Waals surface area (Å²) in [6.07, 6.45) is 0. The average Bonchev–Trinajstić information content (AvgIpc) is 2.58. The van der Waals surface area contributed by atoms with Gasteiger partial charge < -0.3 is 14.4 Å². The van der Waals surface area contributed by atoms with Crippen molar-refractivity contribution in [2.45, 2.75) is 26.7 Å². The summed E-state index contributed by atoms with van der Waals surface area (Å²) in [6.45, 7) is 5.14. The van der Waals surface area contributed by atoms with Crippen molar-refractivity contribution in [1.82, 2.24) is 0 Å². The molecular formula is C18H20ClN3O4. The van der Waals surface area contributed by atoms with Crippen LogP contribution in [0.15, 0.2) is 12.1 Å². The Morgan fingerprint density at radius 3 is 2.04 bits per heavy atom. The SMILES string of the molecule is CCOC(=O)CN(CC(=O)OCC)c1cc(C)c(C(C#N)C#N)cc1Cl. The zero-order valence-electron chi connectivity index (χ0n) is 14.9. The van der Waals surface area contributed by atoms with E-state index in [4.69, 9.17) is 31.6 Å². The third-order valence-electron chi connectivity index (χ3n) is 3.50. The highest BCUT2D eigenvalue weighted by atomic mass is 35.5. The molecule has 0 bridgehead atoms. The number of halogens is 1. The molecule has 0 radical (unpaired) electrons. The lowest BCUT2D eigenvalue weighted by molar-refractivity contribution is -0.142. The summed E-state index contributed by atoms with van der Waals surface area (Å²) in [5.41, 5.74) is 1.55. The smallest absolute Gasteiger partial charge is 0.325 e. The maximum absolute atomic E-state index is 11.9. The number of nitriles is 2. The van der Waals surface area contributed by atoms with Crippen LogP contribution in [-0.4, -0.2) is 38.2 Å². The Hall–Kier alpha value is -2.77. The van der Waals surface area contributed by atoms with Crippen molar-refractivity contribution in [2.24, 2.45) is 0 Å². The molecule has 0 N–H and O–H groups in total. The van der Waals surface area contributed by atoms with E-state index in [-0.39, 0.29) is 31.3 Å². The van der Waals surface area contributed by atoms with Gasteiger partial charge in [0.1, 0.15) is 13.1 Å². The summed E-state index contributed by atoms with van der Waals surface area (Å²) >= 11 is 6.31. The highest BCUT2D eigenvalue weighted by Crippen LogP contribution is 2.32. The van der Waals surface area contributed by atoms with Crippen molar-refractivity contribution >= 4 is 29.2 Å². The van der Waals surface area contributed by atoms with Crippen molar-refractivity contribution < 1.29 is 19.1 Å². The Kier molecular flexibility index (Phi) is 8.41. The lowest BCUT2D eigenvalue weighted by Crippen LogP contribution is -2.36. The fourth-order valence-electron chi connectivity index (χ4n) is 2.35. The quantitative estimate of drug-likeness (QED) is 0.641. The highest BCUT2D eigenvalue weighted by molar-refractivity contribution is 6.33. The van der Waals surface area contributed by atoms with Gasteiger partial charge in [-0.15, -0.1) is 0 Å². The number of nitrogens with zero attached hydrogens (tertiary/aromatic N) is 3. The predicted octanol–water partition coefficient (Wildman–Crippen LogP) is 2.71. The third kappa shape index (κ3) is 5.65. The second kappa shape index (κ2) is 10.3. The van der Waals surface area contributed by atoms with E-state index >= 15 is 0 Å². The number of ether oxygens (including phenoxy) is 2. The van der Waals surface area contributed by atoms with Crippen molar-refractivity contribution in [3.05, 3.63) is 28.3 Å². The molecule has 138 valence electrons. The second-order valence-corrected chi connectivity index (χ2v) is 5.72. The largest absolute Gasteiger partial charge is 0.465 e. The summed E-state index contributed by atoms with van der Waals surface area (Å²) in [5, 5.41) is 18.4. The van der Waals surface area contributed by atoms with Crippen LogP contribution in [0.1, 0.15) is 30.9 Å². The van der Waals surface area contributed by atoms with Gasteiger partial charge in [-0.2, -0.15) is 10.5 Å². The first-order valence-corrected chi connectivity index (χ1v) is 8.41. The van der Waals surface area contributed by atoms with Crippen LogP contribution in [0.5, 0.6) is 0 Å². The predicted molar refractivity (Wildman–Crippen MR) is 95.6 cm³/mol. The Balaban J connectivity index is 3.26. The van der Waals surface area contributed by atoms with E-state index in [1.54, 1.807) is 26.8 Å². The molecule has 8 heteroatoms. The van der Waals surface area contributed by atoms with Gasteiger partial charge in [0.05, 0.1) is 36.1 Å². The molecule has 7 nitrogen and oxygen atoms in total. The van der Waals surface area contributed by atoms with Crippen LogP contribution in [-0.2, 0) is 19.1 Å². The maximum Gasteiger partial charge on any atom is 0.325 e. The van der Waals surface area contributed by atoms with Crippen molar-refractivity contribution in [1.29, 1.82) is 10.5 Å². The minimum atomic E-state index is -0.954. The van der Waals surface area contributed by atoms with Crippen LogP contribution in [0.3, 0.4) is 0 Å². The summed E-state index contributed by atoms with van der Waals surface area (Å²) in [4.78, 5) is 25.2. The fraction of sp³-hybridized carbons (Fsp3) is 0.444. The summed E-state index contributed by atoms with van der Waals surface area (Å²) in [5.74, 6) is -1.98. The van der Waals surface area contributed by atoms with Crippen LogP contribution >= 0.6 is 11.6 Å². The first-order chi connectivity index (χ1) is 12.4. The van der Waals surface area contributed by atoms with E-state index in [0.717, 1.165) is 0 Å². The van der Waals surface area contributed by atoms with E-state index in [1.807, 2.05) is 12.1 Å². The van der Waals surface area contributed by atoms with Gasteiger partial charge in [0.2, 0.25) is 0 Å². The second-order valence-electron chi connectivity index (χ2n) is 5.32. The average molecular weight is 378 g/mol. The highest BCUT2D eigenvalue weighted by Gasteiger charge is 2.22. The molecule has 0 fully saturated rings. The molecule has 0 spiro atoms. The monoisotopic (exact) mass is 377 g/mol. The molecule has 0 atom stereocenters. The summed E-state index contributed by atoms with van der Waals surface area (Å²) in [6, 6.07) is 6.95. The van der Waals surface area contributed by atoms with Gasteiger partial charge in [0.25, 0.3) is 0 Å². The zero-order valence-corrected chi connectivity index (χ0v) is 15.7. The number of benzene rings is 1. The first-order valence-electron chi connectivity index (χ1n) is 8.03. The van der Waals surface area contributed by atoms with E-state index in [9.17, 15) is 9.59 Å². The van der Waals surface area contributed by atoms with Gasteiger partial charge >= 0.3 is 11.9 Å². The Morgan fingerprint density at radius 2 is 1.62 bits per heavy atom. The molecule has 0 aliphatic rings. The number of rotatable bonds is 8. The van der Waals surface area contributed by atoms with Gasteiger partial charge in [-0.1, -0.05) is 11.6 Å². The maximum atomic E-state index is 11.9. The van der Waals surface area contributed by atoms with E-state index in [2.05, 4.69) is 0 Å². The molecule has 1 aromatic rings. The molecule has 0 heterocycles. The standard InChI is InChI=1S/C18H20ClN3O4/c1-4-25-17(23)10-22(11-18(24)26-5-2)16-6-12(3)14(7-15(16)19)13(8-20)9-21/h6-7,13H,4-5,10-11H2,1-3H3. The number of hydrogen-bond donors (Lipinski definition) is 0. The van der Waals surface area contributed by atoms with Crippen LogP contribution in [0.4, 0.5) is 5.69 Å². The van der Waals surface area contributed by atoms with Crippen molar-refractivity contribution in [2.75, 3.05) is 31.2 Å². The van der Waals surface area contributed by atoms with Crippen LogP contribution in [0, 0.1) is 29.6 Å². The van der Waals surface area contributed by atoms with Crippen molar-refractivity contribution in [3.63, 3.8) is 0 Å². The lowest BCUT2D eigenvalue weighted by Gasteiger charge is -2.25. The number of hydrogen-bond acceptors (Lipinski definition) is 7. The minimum Gasteiger partial charge on any atom is -0.465 e. The Labute approximate surface area is 157 Å². The van der Waals surface area contributed by atoms with E-state index < -0.39 is 17.9 Å². The Bertz CT molecular complexity index is 718. The molecule has 0 aliphatic heterocycles. The minimum absolute atomic E-state index is 0.189. The van der Waals surface area contributed by atoms with E-state index in [1.165, 1.54) is 11.0 Å². The number of aryl methyl sites for hydroxylation is 1. The molecular weight excluding hydrogens is 358 g/mol. The number of carbonyl (C=O) groups is 2. The lowest BCUT2D eigenvalue weighted by atomic mass is 9.96. The normalized spacial score (nSPS) is 9.96. The van der Waals surface area contributed by atoms with Crippen LogP contribution in [0.25, 0.3) is 0 Å². The van der Waals surface area contributed by atoms with Crippen LogP contribution < -0.4 is 4.90 Å². The van der Waals surface area contributed by atoms with Gasteiger partial charge in [0.15, 0.2) is 5.92 Å². The third-order valence-corrected chi connectivity index (χ3v) is 3.80. The van der Waals surface area contributed by atoms with Gasteiger partial charge in [-0.25, -0.2) is 0 Å². The molecule has 0 aromatic heterocycles. The molecule has 0 amide bonds. The molecule has 0 unspecified atom stereocenters. The molecule has 0 saturated carbocycles. The van der Waals surface area contributed by atoms with Gasteiger partial charge in [-0.3, -0.25) is 9.59 Å². The number of carbonyl (C=O) groups excluding carboxylic acids is 2. The summed E-state index contributed by atoms with van der Waals surface area (Å²) in [7, 11) is 0. The molecule has 26 heavy (non-hydrogen) atoms. The number of esters is 2. The molecule has 0 aliphatic carbocycles. The summed E-state index contributed by atoms with van der Waals surface area (Å²) < 4.78 is 9.88.